The number of carbonyl (C=O) groups is 2. The number of amides is 2. The Kier molecular flexibility index (Phi) is 13.0. The molecule has 10 heteroatoms. The molecular weight excluding hydrogens is 420 g/mol. The average Bonchev–Trinajstić information content (AvgIpc) is 3.11. The first-order chi connectivity index (χ1) is 15.7. The monoisotopic (exact) mass is 452 g/mol. The van der Waals surface area contributed by atoms with Gasteiger partial charge in [-0.2, -0.15) is 0 Å². The van der Waals surface area contributed by atoms with Gasteiger partial charge < -0.3 is 34.2 Å². The number of anilines is 1. The van der Waals surface area contributed by atoms with Gasteiger partial charge in [0.05, 0.1) is 72.6 Å². The van der Waals surface area contributed by atoms with Crippen molar-refractivity contribution in [2.75, 3.05) is 85.0 Å². The third kappa shape index (κ3) is 11.2. The lowest BCUT2D eigenvalue weighted by molar-refractivity contribution is -0.137. The minimum absolute atomic E-state index is 0.246. The molecule has 0 saturated carbocycles. The molecule has 2 rings (SSSR count). The first-order valence-electron chi connectivity index (χ1n) is 10.6. The molecule has 178 valence electrons. The van der Waals surface area contributed by atoms with Crippen LogP contribution in [0.5, 0.6) is 5.75 Å². The van der Waals surface area contributed by atoms with Gasteiger partial charge in [-0.3, -0.25) is 14.5 Å². The number of rotatable bonds is 19. The second-order valence-corrected chi connectivity index (χ2v) is 6.64. The first kappa shape index (κ1) is 25.8. The average molecular weight is 453 g/mol. The van der Waals surface area contributed by atoms with Gasteiger partial charge in [-0.05, 0) is 24.3 Å². The van der Waals surface area contributed by atoms with Crippen molar-refractivity contribution in [1.29, 1.82) is 0 Å². The summed E-state index contributed by atoms with van der Waals surface area (Å²) < 4.78 is 32.5. The van der Waals surface area contributed by atoms with E-state index in [1.807, 2.05) is 12.1 Å². The minimum Gasteiger partial charge on any atom is -0.491 e. The molecule has 0 radical (unpaired) electrons. The molecule has 10 nitrogen and oxygen atoms in total. The van der Waals surface area contributed by atoms with Gasteiger partial charge in [0.25, 0.3) is 11.8 Å². The Morgan fingerprint density at radius 3 is 1.47 bits per heavy atom. The Hall–Kier alpha value is -2.50. The molecule has 1 aliphatic heterocycles. The zero-order chi connectivity index (χ0) is 22.9. The highest BCUT2D eigenvalue weighted by Gasteiger charge is 2.22. The summed E-state index contributed by atoms with van der Waals surface area (Å²) in [6, 6.07) is 7.22. The van der Waals surface area contributed by atoms with Crippen LogP contribution in [0.3, 0.4) is 0 Å². The summed E-state index contributed by atoms with van der Waals surface area (Å²) >= 11 is 0. The van der Waals surface area contributed by atoms with Gasteiger partial charge in [0.15, 0.2) is 0 Å². The van der Waals surface area contributed by atoms with Crippen LogP contribution in [0.1, 0.15) is 0 Å². The quantitative estimate of drug-likeness (QED) is 0.183. The fourth-order valence-corrected chi connectivity index (χ4v) is 2.57. The van der Waals surface area contributed by atoms with Crippen molar-refractivity contribution in [3.8, 4) is 5.75 Å². The predicted octanol–water partition coefficient (Wildman–Crippen LogP) is 0.656. The summed E-state index contributed by atoms with van der Waals surface area (Å²) in [5.41, 5.74) is 6.32. The van der Waals surface area contributed by atoms with Crippen LogP contribution in [0.25, 0.3) is 0 Å². The maximum atomic E-state index is 11.3. The molecule has 0 bridgehead atoms. The van der Waals surface area contributed by atoms with E-state index in [-0.39, 0.29) is 25.0 Å². The standard InChI is InChI=1S/C22H32N2O8/c23-19-1-3-20(4-2-19)32-18-17-31-16-15-30-14-13-29-12-11-28-10-9-27-8-7-24-21(25)5-6-22(24)26/h1-6H,7-18,23H2. The second kappa shape index (κ2) is 16.2. The third-order valence-electron chi connectivity index (χ3n) is 4.22. The highest BCUT2D eigenvalue weighted by Crippen LogP contribution is 2.12. The van der Waals surface area contributed by atoms with Gasteiger partial charge in [-0.1, -0.05) is 0 Å². The van der Waals surface area contributed by atoms with Gasteiger partial charge in [-0.15, -0.1) is 0 Å². The molecule has 0 fully saturated rings. The number of nitrogens with zero attached hydrogens (tertiary/aromatic N) is 1. The molecule has 0 saturated heterocycles. The molecule has 0 aromatic heterocycles. The van der Waals surface area contributed by atoms with Crippen molar-refractivity contribution in [3.05, 3.63) is 36.4 Å². The fraction of sp³-hybridized carbons (Fsp3) is 0.545. The van der Waals surface area contributed by atoms with Crippen LogP contribution in [0.4, 0.5) is 5.69 Å². The highest BCUT2D eigenvalue weighted by atomic mass is 16.6. The van der Waals surface area contributed by atoms with Crippen LogP contribution in [0, 0.1) is 0 Å². The number of carbonyl (C=O) groups excluding carboxylic acids is 2. The number of nitrogen functional groups attached to an aromatic ring is 1. The first-order valence-corrected chi connectivity index (χ1v) is 10.6. The Morgan fingerprint density at radius 2 is 1.00 bits per heavy atom. The topological polar surface area (TPSA) is 119 Å². The van der Waals surface area contributed by atoms with E-state index in [4.69, 9.17) is 34.2 Å². The lowest BCUT2D eigenvalue weighted by Gasteiger charge is -2.13. The summed E-state index contributed by atoms with van der Waals surface area (Å²) in [6.07, 6.45) is 2.51. The van der Waals surface area contributed by atoms with Gasteiger partial charge >= 0.3 is 0 Å². The minimum atomic E-state index is -0.302. The molecule has 0 aliphatic carbocycles. The Morgan fingerprint density at radius 1 is 0.594 bits per heavy atom. The lowest BCUT2D eigenvalue weighted by atomic mass is 10.3. The van der Waals surface area contributed by atoms with E-state index in [1.165, 1.54) is 12.2 Å². The van der Waals surface area contributed by atoms with Gasteiger partial charge in [-0.25, -0.2) is 0 Å². The zero-order valence-electron chi connectivity index (χ0n) is 18.2. The van der Waals surface area contributed by atoms with Gasteiger partial charge in [0, 0.05) is 17.8 Å². The summed E-state index contributed by atoms with van der Waals surface area (Å²) in [6.45, 7) is 5.14. The van der Waals surface area contributed by atoms with Crippen molar-refractivity contribution in [3.63, 3.8) is 0 Å². The molecule has 1 aromatic rings. The smallest absolute Gasteiger partial charge is 0.253 e. The molecule has 1 heterocycles. The molecule has 0 unspecified atom stereocenters. The van der Waals surface area contributed by atoms with Crippen molar-refractivity contribution in [2.24, 2.45) is 0 Å². The van der Waals surface area contributed by atoms with Crippen molar-refractivity contribution >= 4 is 17.5 Å². The molecule has 0 spiro atoms. The molecule has 32 heavy (non-hydrogen) atoms. The number of hydrogen-bond acceptors (Lipinski definition) is 9. The summed E-state index contributed by atoms with van der Waals surface area (Å²) in [5, 5.41) is 0. The molecule has 1 aromatic carbocycles. The van der Waals surface area contributed by atoms with E-state index in [9.17, 15) is 9.59 Å². The summed E-state index contributed by atoms with van der Waals surface area (Å²) in [4.78, 5) is 23.8. The van der Waals surface area contributed by atoms with Crippen LogP contribution in [0.15, 0.2) is 36.4 Å². The normalized spacial score (nSPS) is 13.3. The number of nitrogens with two attached hydrogens (primary N) is 1. The Balaban J connectivity index is 1.24. The van der Waals surface area contributed by atoms with Crippen LogP contribution >= 0.6 is 0 Å². The van der Waals surface area contributed by atoms with E-state index in [0.717, 1.165) is 10.6 Å². The highest BCUT2D eigenvalue weighted by molar-refractivity contribution is 6.12. The Bertz CT molecular complexity index is 678. The fourth-order valence-electron chi connectivity index (χ4n) is 2.57. The number of ether oxygens (including phenoxy) is 6. The number of imide groups is 1. The molecule has 2 amide bonds. The third-order valence-corrected chi connectivity index (χ3v) is 4.22. The van der Waals surface area contributed by atoms with Crippen LogP contribution in [0.2, 0.25) is 0 Å². The number of benzene rings is 1. The van der Waals surface area contributed by atoms with Crippen molar-refractivity contribution < 1.29 is 38.0 Å². The molecule has 1 aliphatic rings. The summed E-state index contributed by atoms with van der Waals surface area (Å²) in [7, 11) is 0. The Labute approximate surface area is 188 Å². The molecule has 0 atom stereocenters. The van der Waals surface area contributed by atoms with E-state index in [0.29, 0.717) is 71.8 Å². The van der Waals surface area contributed by atoms with Crippen LogP contribution in [-0.4, -0.2) is 95.9 Å². The van der Waals surface area contributed by atoms with Crippen molar-refractivity contribution in [2.45, 2.75) is 0 Å². The van der Waals surface area contributed by atoms with E-state index in [1.54, 1.807) is 12.1 Å². The largest absolute Gasteiger partial charge is 0.491 e. The van der Waals surface area contributed by atoms with Crippen molar-refractivity contribution in [1.82, 2.24) is 4.90 Å². The summed E-state index contributed by atoms with van der Waals surface area (Å²) in [5.74, 6) is 0.158. The maximum absolute atomic E-state index is 11.3. The molecule has 2 N–H and O–H groups in total. The SMILES string of the molecule is Nc1ccc(OCCOCCOCCOCCOCCOCCN2C(=O)C=CC2=O)cc1. The van der Waals surface area contributed by atoms with Gasteiger partial charge in [0.1, 0.15) is 12.4 Å². The lowest BCUT2D eigenvalue weighted by Crippen LogP contribution is -2.33. The van der Waals surface area contributed by atoms with Gasteiger partial charge in [0.2, 0.25) is 0 Å². The van der Waals surface area contributed by atoms with Crippen LogP contribution in [-0.2, 0) is 33.3 Å². The maximum Gasteiger partial charge on any atom is 0.253 e. The van der Waals surface area contributed by atoms with E-state index >= 15 is 0 Å². The second-order valence-electron chi connectivity index (χ2n) is 6.64. The zero-order valence-corrected chi connectivity index (χ0v) is 18.2. The predicted molar refractivity (Wildman–Crippen MR) is 116 cm³/mol. The van der Waals surface area contributed by atoms with Crippen LogP contribution < -0.4 is 10.5 Å². The number of hydrogen-bond donors (Lipinski definition) is 1. The van der Waals surface area contributed by atoms with E-state index < -0.39 is 0 Å². The molecular formula is C22H32N2O8. The van der Waals surface area contributed by atoms with E-state index in [2.05, 4.69) is 0 Å².